The third-order valence-electron chi connectivity index (χ3n) is 5.83. The number of amides is 1. The number of aromatic nitrogens is 3. The first-order chi connectivity index (χ1) is 16.1. The number of para-hydroxylation sites is 1. The Balaban J connectivity index is 1.32. The number of nitrogens with one attached hydrogen (secondary N) is 1. The fourth-order valence-corrected chi connectivity index (χ4v) is 4.06. The lowest BCUT2D eigenvalue weighted by molar-refractivity contribution is -0.0912. The summed E-state index contributed by atoms with van der Waals surface area (Å²) in [6.07, 6.45) is 3.22. The van der Waals surface area contributed by atoms with Gasteiger partial charge in [-0.2, -0.15) is 0 Å². The van der Waals surface area contributed by atoms with E-state index in [2.05, 4.69) is 15.6 Å². The van der Waals surface area contributed by atoms with Crippen LogP contribution in [-0.2, 0) is 11.3 Å². The minimum Gasteiger partial charge on any atom is -0.496 e. The van der Waals surface area contributed by atoms with Crippen molar-refractivity contribution in [3.8, 4) is 17.0 Å². The number of methoxy groups -OCH3 is 1. The normalized spacial score (nSPS) is 20.4. The van der Waals surface area contributed by atoms with Gasteiger partial charge in [0.1, 0.15) is 23.4 Å². The van der Waals surface area contributed by atoms with Crippen LogP contribution in [0.3, 0.4) is 0 Å². The van der Waals surface area contributed by atoms with E-state index in [-0.39, 0.29) is 24.3 Å². The molecule has 1 fully saturated rings. The monoisotopic (exact) mass is 454 g/mol. The Hall–Kier alpha value is -3.30. The fraction of sp³-hybridized carbons (Fsp3) is 0.375. The molecule has 2 N–H and O–H groups in total. The Labute approximate surface area is 191 Å². The molecule has 1 amide bonds. The molecule has 9 heteroatoms. The molecule has 3 aromatic rings. The van der Waals surface area contributed by atoms with E-state index in [1.54, 1.807) is 17.9 Å². The molecule has 0 saturated carbocycles. The van der Waals surface area contributed by atoms with Crippen molar-refractivity contribution in [2.75, 3.05) is 13.7 Å². The number of aliphatic hydroxyl groups is 1. The van der Waals surface area contributed by atoms with Gasteiger partial charge in [0.05, 0.1) is 37.6 Å². The number of aliphatic hydroxyl groups excluding tert-OH is 1. The lowest BCUT2D eigenvalue weighted by atomic mass is 9.96. The number of rotatable bonds is 8. The van der Waals surface area contributed by atoms with Crippen LogP contribution in [0.1, 0.15) is 29.6 Å². The summed E-state index contributed by atoms with van der Waals surface area (Å²) in [5.41, 5.74) is 1.57. The average Bonchev–Trinajstić information content (AvgIpc) is 3.32. The molecule has 1 saturated heterocycles. The molecular formula is C24H27FN4O4. The first-order valence-corrected chi connectivity index (χ1v) is 10.9. The van der Waals surface area contributed by atoms with E-state index in [4.69, 9.17) is 9.47 Å². The van der Waals surface area contributed by atoms with Gasteiger partial charge in [-0.25, -0.2) is 4.39 Å². The Kier molecular flexibility index (Phi) is 7.31. The molecule has 2 heterocycles. The second kappa shape index (κ2) is 10.5. The summed E-state index contributed by atoms with van der Waals surface area (Å²) in [6.45, 7) is 0.358. The van der Waals surface area contributed by atoms with Crippen molar-refractivity contribution < 1.29 is 23.8 Å². The van der Waals surface area contributed by atoms with Gasteiger partial charge >= 0.3 is 0 Å². The van der Waals surface area contributed by atoms with Crippen LogP contribution in [-0.4, -0.2) is 58.0 Å². The van der Waals surface area contributed by atoms with Gasteiger partial charge in [0.15, 0.2) is 0 Å². The minimum absolute atomic E-state index is 0.0200. The zero-order valence-corrected chi connectivity index (χ0v) is 18.4. The second-order valence-electron chi connectivity index (χ2n) is 7.97. The van der Waals surface area contributed by atoms with Gasteiger partial charge in [-0.15, -0.1) is 5.10 Å². The van der Waals surface area contributed by atoms with Crippen LogP contribution in [0.15, 0.2) is 54.7 Å². The third-order valence-corrected chi connectivity index (χ3v) is 5.83. The largest absolute Gasteiger partial charge is 0.496 e. The highest BCUT2D eigenvalue weighted by Gasteiger charge is 2.32. The highest BCUT2D eigenvalue weighted by atomic mass is 19.1. The highest BCUT2D eigenvalue weighted by molar-refractivity contribution is 5.94. The van der Waals surface area contributed by atoms with E-state index in [0.717, 1.165) is 17.0 Å². The van der Waals surface area contributed by atoms with Gasteiger partial charge in [-0.3, -0.25) is 9.48 Å². The molecule has 0 unspecified atom stereocenters. The quantitative estimate of drug-likeness (QED) is 0.543. The number of hydrogen-bond donors (Lipinski definition) is 2. The minimum atomic E-state index is -0.578. The van der Waals surface area contributed by atoms with Crippen LogP contribution < -0.4 is 10.1 Å². The van der Waals surface area contributed by atoms with Crippen LogP contribution in [0.4, 0.5) is 4.39 Å². The summed E-state index contributed by atoms with van der Waals surface area (Å²) in [7, 11) is 1.62. The Bertz CT molecular complexity index is 1090. The van der Waals surface area contributed by atoms with Gasteiger partial charge in [-0.1, -0.05) is 29.5 Å². The molecular weight excluding hydrogens is 427 g/mol. The molecule has 0 bridgehead atoms. The van der Waals surface area contributed by atoms with Crippen molar-refractivity contribution in [1.82, 2.24) is 20.3 Å². The van der Waals surface area contributed by atoms with Gasteiger partial charge < -0.3 is 19.9 Å². The van der Waals surface area contributed by atoms with E-state index >= 15 is 0 Å². The first-order valence-electron chi connectivity index (χ1n) is 10.9. The summed E-state index contributed by atoms with van der Waals surface area (Å²) >= 11 is 0. The topological polar surface area (TPSA) is 98.5 Å². The average molecular weight is 455 g/mol. The van der Waals surface area contributed by atoms with E-state index in [1.165, 1.54) is 18.2 Å². The number of ether oxygens (including phenoxy) is 2. The van der Waals surface area contributed by atoms with E-state index < -0.39 is 17.8 Å². The van der Waals surface area contributed by atoms with Crippen LogP contribution in [0, 0.1) is 5.82 Å². The van der Waals surface area contributed by atoms with Crippen molar-refractivity contribution in [2.45, 2.75) is 44.1 Å². The van der Waals surface area contributed by atoms with Gasteiger partial charge in [0.2, 0.25) is 0 Å². The molecule has 0 radical (unpaired) electrons. The molecule has 0 aliphatic carbocycles. The van der Waals surface area contributed by atoms with Crippen molar-refractivity contribution in [2.24, 2.45) is 0 Å². The summed E-state index contributed by atoms with van der Waals surface area (Å²) in [5.74, 6) is -0.356. The number of carbonyl (C=O) groups excluding carboxylic acids is 1. The van der Waals surface area contributed by atoms with Crippen molar-refractivity contribution in [1.29, 1.82) is 0 Å². The number of nitrogens with zero attached hydrogens (tertiary/aromatic N) is 3. The SMILES string of the molecule is COc1ccccc1-c1cn(CC[C@H]2CC[C@H](NC(=O)c3ccccc3F)[C@@H](CO)O2)nn1. The lowest BCUT2D eigenvalue weighted by Crippen LogP contribution is -2.51. The molecule has 174 valence electrons. The first kappa shape index (κ1) is 22.9. The maximum absolute atomic E-state index is 13.9. The van der Waals surface area contributed by atoms with Gasteiger partial charge in [-0.05, 0) is 43.5 Å². The summed E-state index contributed by atoms with van der Waals surface area (Å²) in [4.78, 5) is 12.4. The Morgan fingerprint density at radius 3 is 2.82 bits per heavy atom. The van der Waals surface area contributed by atoms with Crippen LogP contribution in [0.5, 0.6) is 5.75 Å². The number of halogens is 1. The maximum atomic E-state index is 13.9. The van der Waals surface area contributed by atoms with Gasteiger partial charge in [0, 0.05) is 12.1 Å². The molecule has 1 aromatic heterocycles. The summed E-state index contributed by atoms with van der Waals surface area (Å²) in [5, 5.41) is 21.0. The van der Waals surface area contributed by atoms with Crippen molar-refractivity contribution in [3.05, 3.63) is 66.1 Å². The van der Waals surface area contributed by atoms with Crippen LogP contribution in [0.25, 0.3) is 11.3 Å². The smallest absolute Gasteiger partial charge is 0.254 e. The Morgan fingerprint density at radius 2 is 2.03 bits per heavy atom. The molecule has 0 spiro atoms. The zero-order chi connectivity index (χ0) is 23.2. The van der Waals surface area contributed by atoms with Crippen LogP contribution in [0.2, 0.25) is 0 Å². The third kappa shape index (κ3) is 5.37. The molecule has 2 aromatic carbocycles. The number of aryl methyl sites for hydroxylation is 1. The van der Waals surface area contributed by atoms with Crippen LogP contribution >= 0.6 is 0 Å². The maximum Gasteiger partial charge on any atom is 0.254 e. The second-order valence-corrected chi connectivity index (χ2v) is 7.97. The number of hydrogen-bond acceptors (Lipinski definition) is 6. The van der Waals surface area contributed by atoms with E-state index in [0.29, 0.717) is 25.8 Å². The van der Waals surface area contributed by atoms with E-state index in [1.807, 2.05) is 30.5 Å². The fourth-order valence-electron chi connectivity index (χ4n) is 4.06. The number of carbonyl (C=O) groups is 1. The lowest BCUT2D eigenvalue weighted by Gasteiger charge is -2.36. The molecule has 1 aliphatic heterocycles. The zero-order valence-electron chi connectivity index (χ0n) is 18.4. The summed E-state index contributed by atoms with van der Waals surface area (Å²) in [6, 6.07) is 13.1. The summed E-state index contributed by atoms with van der Waals surface area (Å²) < 4.78 is 27.1. The van der Waals surface area contributed by atoms with Gasteiger partial charge in [0.25, 0.3) is 5.91 Å². The van der Waals surface area contributed by atoms with Crippen molar-refractivity contribution >= 4 is 5.91 Å². The number of benzene rings is 2. The van der Waals surface area contributed by atoms with E-state index in [9.17, 15) is 14.3 Å². The molecule has 33 heavy (non-hydrogen) atoms. The standard InChI is InChI=1S/C24H27FN4O4/c1-32-22-9-5-3-7-18(22)21-14-29(28-27-21)13-12-16-10-11-20(23(15-30)33-16)26-24(31)17-6-2-4-8-19(17)25/h2-9,14,16,20,23,30H,10-13,15H2,1H3,(H,26,31)/t16-,20+,23-/m1/s1. The predicted molar refractivity (Wildman–Crippen MR) is 119 cm³/mol. The highest BCUT2D eigenvalue weighted by Crippen LogP contribution is 2.28. The predicted octanol–water partition coefficient (Wildman–Crippen LogP) is 2.82. The molecule has 4 rings (SSSR count). The van der Waals surface area contributed by atoms with Crippen molar-refractivity contribution in [3.63, 3.8) is 0 Å². The molecule has 8 nitrogen and oxygen atoms in total. The molecule has 1 aliphatic rings. The Morgan fingerprint density at radius 1 is 1.24 bits per heavy atom. The molecule has 3 atom stereocenters.